The summed E-state index contributed by atoms with van der Waals surface area (Å²) in [6.07, 6.45) is -2.63. The number of nitrogens with one attached hydrogen (secondary N) is 2. The third-order valence-corrected chi connectivity index (χ3v) is 5.33. The third-order valence-electron chi connectivity index (χ3n) is 4.16. The van der Waals surface area contributed by atoms with Gasteiger partial charge in [-0.05, 0) is 5.92 Å². The molecule has 0 radical (unpaired) electrons. The van der Waals surface area contributed by atoms with Gasteiger partial charge in [0.15, 0.2) is 5.54 Å². The Balaban J connectivity index is 2.98. The van der Waals surface area contributed by atoms with Gasteiger partial charge in [-0.1, -0.05) is 32.5 Å². The molecule has 2 amide bonds. The van der Waals surface area contributed by atoms with Crippen LogP contribution >= 0.6 is 11.8 Å². The van der Waals surface area contributed by atoms with Crippen molar-refractivity contribution in [2.45, 2.75) is 51.5 Å². The molecule has 0 saturated carbocycles. The van der Waals surface area contributed by atoms with Crippen molar-refractivity contribution < 1.29 is 29.7 Å². The van der Waals surface area contributed by atoms with Gasteiger partial charge < -0.3 is 26.0 Å². The highest BCUT2D eigenvalue weighted by Crippen LogP contribution is 2.36. The van der Waals surface area contributed by atoms with Crippen LogP contribution in [0.25, 0.3) is 0 Å². The minimum absolute atomic E-state index is 0.0540. The summed E-state index contributed by atoms with van der Waals surface area (Å²) >= 11 is 0.752. The molecule has 1 fully saturated rings. The maximum Gasteiger partial charge on any atom is 0.226 e. The molecule has 1 aliphatic heterocycles. The molecule has 5 atom stereocenters. The number of carbonyl (C=O) groups excluding carboxylic acids is 3. The van der Waals surface area contributed by atoms with E-state index in [-0.39, 0.29) is 24.2 Å². The first kappa shape index (κ1) is 20.9. The van der Waals surface area contributed by atoms with Gasteiger partial charge in [0, 0.05) is 12.7 Å². The summed E-state index contributed by atoms with van der Waals surface area (Å²) in [5.74, 6) is -2.00. The zero-order chi connectivity index (χ0) is 18.7. The zero-order valence-corrected chi connectivity index (χ0v) is 15.1. The van der Waals surface area contributed by atoms with Crippen molar-refractivity contribution in [3.63, 3.8) is 0 Å². The van der Waals surface area contributed by atoms with Crippen molar-refractivity contribution in [2.24, 2.45) is 11.8 Å². The normalized spacial score (nSPS) is 29.2. The summed E-state index contributed by atoms with van der Waals surface area (Å²) in [7, 11) is 0. The summed E-state index contributed by atoms with van der Waals surface area (Å²) in [6, 6.07) is -0.642. The van der Waals surface area contributed by atoms with Crippen LogP contribution in [-0.4, -0.2) is 68.4 Å². The number of aliphatic hydroxyl groups is 3. The van der Waals surface area contributed by atoms with Gasteiger partial charge in [0.1, 0.15) is 0 Å². The Bertz CT molecular complexity index is 500. The molecule has 24 heavy (non-hydrogen) atoms. The van der Waals surface area contributed by atoms with Crippen LogP contribution in [0.15, 0.2) is 0 Å². The van der Waals surface area contributed by atoms with Crippen LogP contribution in [0.2, 0.25) is 0 Å². The minimum atomic E-state index is -1.80. The van der Waals surface area contributed by atoms with Crippen LogP contribution in [0, 0.1) is 11.8 Å². The van der Waals surface area contributed by atoms with E-state index in [1.54, 1.807) is 13.8 Å². The summed E-state index contributed by atoms with van der Waals surface area (Å²) in [5, 5.41) is 34.5. The lowest BCUT2D eigenvalue weighted by atomic mass is 9.81. The van der Waals surface area contributed by atoms with Crippen LogP contribution in [0.4, 0.5) is 0 Å². The highest BCUT2D eigenvalue weighted by Gasteiger charge is 2.60. The van der Waals surface area contributed by atoms with E-state index in [2.05, 4.69) is 10.6 Å². The monoisotopic (exact) mass is 362 g/mol. The van der Waals surface area contributed by atoms with E-state index in [9.17, 15) is 29.7 Å². The van der Waals surface area contributed by atoms with Crippen LogP contribution in [0.5, 0.6) is 0 Å². The lowest BCUT2D eigenvalue weighted by molar-refractivity contribution is -0.131. The van der Waals surface area contributed by atoms with Gasteiger partial charge in [-0.2, -0.15) is 0 Å². The first-order chi connectivity index (χ1) is 11.1. The van der Waals surface area contributed by atoms with Crippen LogP contribution in [0.3, 0.4) is 0 Å². The number of thioether (sulfide) groups is 1. The highest BCUT2D eigenvalue weighted by molar-refractivity contribution is 8.13. The number of rotatable bonds is 7. The second-order valence-electron chi connectivity index (χ2n) is 6.46. The van der Waals surface area contributed by atoms with E-state index < -0.39 is 40.7 Å². The van der Waals surface area contributed by atoms with Crippen molar-refractivity contribution in [1.82, 2.24) is 10.6 Å². The fourth-order valence-corrected chi connectivity index (χ4v) is 3.79. The van der Waals surface area contributed by atoms with E-state index >= 15 is 0 Å². The number of carbonyl (C=O) groups is 3. The molecule has 0 spiro atoms. The molecule has 0 aromatic rings. The second kappa shape index (κ2) is 8.28. The molecule has 8 nitrogen and oxygen atoms in total. The lowest BCUT2D eigenvalue weighted by Gasteiger charge is -2.37. The lowest BCUT2D eigenvalue weighted by Crippen LogP contribution is -2.64. The molecule has 0 unspecified atom stereocenters. The largest absolute Gasteiger partial charge is 0.394 e. The van der Waals surface area contributed by atoms with Crippen LogP contribution < -0.4 is 10.6 Å². The Morgan fingerprint density at radius 2 is 2.00 bits per heavy atom. The quantitative estimate of drug-likeness (QED) is 0.377. The van der Waals surface area contributed by atoms with Gasteiger partial charge >= 0.3 is 0 Å². The number of amides is 2. The van der Waals surface area contributed by atoms with Crippen molar-refractivity contribution in [1.29, 1.82) is 0 Å². The molecule has 9 heteroatoms. The van der Waals surface area contributed by atoms with E-state index in [1.165, 1.54) is 13.8 Å². The van der Waals surface area contributed by atoms with Crippen molar-refractivity contribution in [2.75, 3.05) is 12.4 Å². The minimum Gasteiger partial charge on any atom is -0.394 e. The van der Waals surface area contributed by atoms with E-state index in [0.717, 1.165) is 11.8 Å². The van der Waals surface area contributed by atoms with Gasteiger partial charge in [0.25, 0.3) is 0 Å². The van der Waals surface area contributed by atoms with Gasteiger partial charge in [0.05, 0.1) is 30.8 Å². The number of aliphatic hydroxyl groups excluding tert-OH is 3. The van der Waals surface area contributed by atoms with Crippen molar-refractivity contribution in [3.05, 3.63) is 0 Å². The molecule has 138 valence electrons. The third kappa shape index (κ3) is 4.08. The van der Waals surface area contributed by atoms with Gasteiger partial charge in [-0.3, -0.25) is 14.4 Å². The predicted molar refractivity (Wildman–Crippen MR) is 89.0 cm³/mol. The second-order valence-corrected chi connectivity index (χ2v) is 7.45. The molecular weight excluding hydrogens is 336 g/mol. The smallest absolute Gasteiger partial charge is 0.226 e. The van der Waals surface area contributed by atoms with Gasteiger partial charge in [0.2, 0.25) is 16.9 Å². The molecule has 0 aliphatic carbocycles. The van der Waals surface area contributed by atoms with Crippen LogP contribution in [0.1, 0.15) is 27.7 Å². The molecule has 1 saturated heterocycles. The summed E-state index contributed by atoms with van der Waals surface area (Å²) in [4.78, 5) is 35.7. The Hall–Kier alpha value is -1.16. The summed E-state index contributed by atoms with van der Waals surface area (Å²) < 4.78 is 0. The molecule has 0 aromatic heterocycles. The van der Waals surface area contributed by atoms with E-state index in [0.29, 0.717) is 0 Å². The van der Waals surface area contributed by atoms with Crippen molar-refractivity contribution >= 4 is 28.7 Å². The highest BCUT2D eigenvalue weighted by atomic mass is 32.2. The Labute approximate surface area is 145 Å². The Morgan fingerprint density at radius 3 is 2.38 bits per heavy atom. The van der Waals surface area contributed by atoms with E-state index in [1.807, 2.05) is 0 Å². The zero-order valence-electron chi connectivity index (χ0n) is 14.3. The Kier molecular flexibility index (Phi) is 7.21. The fourth-order valence-electron chi connectivity index (χ4n) is 2.72. The predicted octanol–water partition coefficient (Wildman–Crippen LogP) is -1.37. The van der Waals surface area contributed by atoms with Gasteiger partial charge in [-0.25, -0.2) is 0 Å². The average Bonchev–Trinajstić information content (AvgIpc) is 2.74. The molecule has 0 bridgehead atoms. The standard InChI is InChI=1S/C15H26N2O6S/c1-7(2)11(20)15(12(21)8(3)13(22)17-15)14(23)24-6-10(5-18)16-9(4)19/h7-8,10-12,18,20-21H,5-6H2,1-4H3,(H,16,19)(H,17,22)/t8-,10-,11+,12+,15-/m1/s1. The number of hydrogen-bond acceptors (Lipinski definition) is 7. The maximum absolute atomic E-state index is 12.8. The SMILES string of the molecule is CC(=O)N[C@H](CO)CSC(=O)[C@]1([C@@H](O)C(C)C)NC(=O)[C@H](C)[C@@H]1O. The van der Waals surface area contributed by atoms with Crippen LogP contribution in [-0.2, 0) is 14.4 Å². The first-order valence-electron chi connectivity index (χ1n) is 7.81. The molecule has 0 aromatic carbocycles. The molecule has 5 N–H and O–H groups in total. The fraction of sp³-hybridized carbons (Fsp3) is 0.800. The van der Waals surface area contributed by atoms with Crippen molar-refractivity contribution in [3.8, 4) is 0 Å². The summed E-state index contributed by atoms with van der Waals surface area (Å²) in [5.41, 5.74) is -1.80. The topological polar surface area (TPSA) is 136 Å². The Morgan fingerprint density at radius 1 is 1.42 bits per heavy atom. The first-order valence-corrected chi connectivity index (χ1v) is 8.79. The molecule has 1 heterocycles. The molecule has 1 rings (SSSR count). The molecule has 1 aliphatic rings. The average molecular weight is 362 g/mol. The number of hydrogen-bond donors (Lipinski definition) is 5. The molecular formula is C15H26N2O6S. The summed E-state index contributed by atoms with van der Waals surface area (Å²) in [6.45, 7) is 5.79. The maximum atomic E-state index is 12.8. The van der Waals surface area contributed by atoms with E-state index in [4.69, 9.17) is 0 Å². The van der Waals surface area contributed by atoms with Gasteiger partial charge in [-0.15, -0.1) is 0 Å².